The molecular formula is C14H18BrCl2NO. The maximum absolute atomic E-state index is 12.0. The first-order chi connectivity index (χ1) is 9.08. The summed E-state index contributed by atoms with van der Waals surface area (Å²) in [5.74, 6) is 0.924. The zero-order valence-electron chi connectivity index (χ0n) is 10.9. The second-order valence-electron chi connectivity index (χ2n) is 4.47. The second kappa shape index (κ2) is 8.83. The Hall–Kier alpha value is -0.250. The number of hydrogen-bond acceptors (Lipinski definition) is 1. The Morgan fingerprint density at radius 2 is 2.16 bits per heavy atom. The molecule has 2 nitrogen and oxygen atoms in total. The topological polar surface area (TPSA) is 29.1 Å². The van der Waals surface area contributed by atoms with Gasteiger partial charge in [0.15, 0.2) is 0 Å². The molecule has 0 aliphatic rings. The number of halogens is 3. The third kappa shape index (κ3) is 5.72. The van der Waals surface area contributed by atoms with Gasteiger partial charge in [-0.25, -0.2) is 0 Å². The summed E-state index contributed by atoms with van der Waals surface area (Å²) >= 11 is 15.1. The van der Waals surface area contributed by atoms with E-state index in [1.807, 2.05) is 6.07 Å². The summed E-state index contributed by atoms with van der Waals surface area (Å²) in [5, 5.41) is 3.39. The Morgan fingerprint density at radius 3 is 2.74 bits per heavy atom. The summed E-state index contributed by atoms with van der Waals surface area (Å²) in [6.45, 7) is 2.78. The largest absolute Gasteiger partial charge is 0.352 e. The first-order valence-corrected chi connectivity index (χ1v) is 8.08. The molecule has 0 spiro atoms. The van der Waals surface area contributed by atoms with Gasteiger partial charge in [0.05, 0.1) is 10.6 Å². The monoisotopic (exact) mass is 365 g/mol. The molecule has 1 amide bonds. The van der Waals surface area contributed by atoms with Crippen molar-refractivity contribution in [1.82, 2.24) is 5.32 Å². The maximum Gasteiger partial charge on any atom is 0.252 e. The van der Waals surface area contributed by atoms with Crippen molar-refractivity contribution in [3.8, 4) is 0 Å². The summed E-state index contributed by atoms with van der Waals surface area (Å²) in [4.78, 5) is 12.0. The zero-order valence-corrected chi connectivity index (χ0v) is 14.0. The highest BCUT2D eigenvalue weighted by Gasteiger charge is 2.13. The van der Waals surface area contributed by atoms with Crippen molar-refractivity contribution in [3.63, 3.8) is 0 Å². The molecule has 1 aromatic rings. The van der Waals surface area contributed by atoms with Crippen LogP contribution in [0.3, 0.4) is 0 Å². The molecule has 0 fully saturated rings. The number of hydrogen-bond donors (Lipinski definition) is 1. The van der Waals surface area contributed by atoms with Gasteiger partial charge in [-0.05, 0) is 37.0 Å². The molecule has 5 heteroatoms. The predicted molar refractivity (Wildman–Crippen MR) is 85.2 cm³/mol. The van der Waals surface area contributed by atoms with Crippen molar-refractivity contribution in [2.24, 2.45) is 5.92 Å². The van der Waals surface area contributed by atoms with E-state index >= 15 is 0 Å². The van der Waals surface area contributed by atoms with Crippen LogP contribution in [0.1, 0.15) is 36.5 Å². The molecule has 1 N–H and O–H groups in total. The fraction of sp³-hybridized carbons (Fsp3) is 0.500. The number of alkyl halides is 1. The molecule has 106 valence electrons. The number of rotatable bonds is 7. The minimum Gasteiger partial charge on any atom is -0.352 e. The Labute approximate surface area is 133 Å². The molecule has 0 bridgehead atoms. The molecule has 1 rings (SSSR count). The predicted octanol–water partition coefficient (Wildman–Crippen LogP) is 4.88. The van der Waals surface area contributed by atoms with Crippen molar-refractivity contribution >= 4 is 45.0 Å². The number of carbonyl (C=O) groups excluding carboxylic acids is 1. The normalized spacial score (nSPS) is 12.2. The number of benzene rings is 1. The van der Waals surface area contributed by atoms with Gasteiger partial charge in [0.25, 0.3) is 5.91 Å². The van der Waals surface area contributed by atoms with Crippen LogP contribution in [0.2, 0.25) is 5.02 Å². The average Bonchev–Trinajstić information content (AvgIpc) is 2.36. The molecule has 19 heavy (non-hydrogen) atoms. The number of carbonyl (C=O) groups is 1. The van der Waals surface area contributed by atoms with Gasteiger partial charge in [-0.2, -0.15) is 0 Å². The lowest BCUT2D eigenvalue weighted by molar-refractivity contribution is 0.0946. The van der Waals surface area contributed by atoms with Crippen LogP contribution >= 0.6 is 39.1 Å². The maximum atomic E-state index is 12.0. The van der Waals surface area contributed by atoms with Crippen molar-refractivity contribution in [2.75, 3.05) is 12.4 Å². The van der Waals surface area contributed by atoms with Gasteiger partial charge in [0.1, 0.15) is 0 Å². The van der Waals surface area contributed by atoms with E-state index < -0.39 is 0 Å². The molecule has 0 heterocycles. The minimum atomic E-state index is -0.131. The molecule has 0 saturated heterocycles. The summed E-state index contributed by atoms with van der Waals surface area (Å²) < 4.78 is 0.861. The lowest BCUT2D eigenvalue weighted by Gasteiger charge is -2.16. The Bertz CT molecular complexity index is 420. The third-order valence-corrected chi connectivity index (χ3v) is 3.97. The van der Waals surface area contributed by atoms with Crippen LogP contribution in [0, 0.1) is 5.92 Å². The van der Waals surface area contributed by atoms with Crippen LogP contribution in [0.4, 0.5) is 0 Å². The Morgan fingerprint density at radius 1 is 1.42 bits per heavy atom. The first kappa shape index (κ1) is 16.8. The fourth-order valence-electron chi connectivity index (χ4n) is 1.92. The van der Waals surface area contributed by atoms with Crippen molar-refractivity contribution in [1.29, 1.82) is 0 Å². The highest BCUT2D eigenvalue weighted by atomic mass is 79.9. The fourth-order valence-corrected chi connectivity index (χ4v) is 2.98. The second-order valence-corrected chi connectivity index (χ2v) is 6.17. The van der Waals surface area contributed by atoms with E-state index in [4.69, 9.17) is 23.2 Å². The molecule has 1 atom stereocenters. The lowest BCUT2D eigenvalue weighted by atomic mass is 10.0. The smallest absolute Gasteiger partial charge is 0.252 e. The Balaban J connectivity index is 2.58. The Kier molecular flexibility index (Phi) is 7.81. The van der Waals surface area contributed by atoms with Gasteiger partial charge in [-0.3, -0.25) is 4.79 Å². The van der Waals surface area contributed by atoms with E-state index in [1.54, 1.807) is 12.1 Å². The van der Waals surface area contributed by atoms with Gasteiger partial charge >= 0.3 is 0 Å². The molecule has 0 aliphatic carbocycles. The van der Waals surface area contributed by atoms with E-state index in [9.17, 15) is 4.79 Å². The average molecular weight is 367 g/mol. The first-order valence-electron chi connectivity index (χ1n) is 6.37. The third-order valence-electron chi connectivity index (χ3n) is 2.94. The van der Waals surface area contributed by atoms with Crippen LogP contribution in [0.5, 0.6) is 0 Å². The molecule has 0 radical (unpaired) electrons. The minimum absolute atomic E-state index is 0.131. The van der Waals surface area contributed by atoms with Crippen LogP contribution in [-0.2, 0) is 0 Å². The van der Waals surface area contributed by atoms with E-state index in [0.717, 1.165) is 23.7 Å². The van der Waals surface area contributed by atoms with Crippen LogP contribution in [0.25, 0.3) is 0 Å². The van der Waals surface area contributed by atoms with Crippen LogP contribution < -0.4 is 5.32 Å². The number of nitrogens with one attached hydrogen (secondary N) is 1. The molecular weight excluding hydrogens is 349 g/mol. The summed E-state index contributed by atoms with van der Waals surface area (Å²) in [6.07, 6.45) is 3.08. The molecule has 0 aromatic heterocycles. The van der Waals surface area contributed by atoms with E-state index in [-0.39, 0.29) is 5.91 Å². The zero-order chi connectivity index (χ0) is 14.3. The van der Waals surface area contributed by atoms with Crippen molar-refractivity contribution in [2.45, 2.75) is 26.2 Å². The van der Waals surface area contributed by atoms with Crippen LogP contribution in [-0.4, -0.2) is 18.3 Å². The molecule has 0 saturated carbocycles. The highest BCUT2D eigenvalue weighted by Crippen LogP contribution is 2.21. The van der Waals surface area contributed by atoms with Crippen molar-refractivity contribution < 1.29 is 4.79 Å². The van der Waals surface area contributed by atoms with E-state index in [2.05, 4.69) is 28.2 Å². The highest BCUT2D eigenvalue weighted by molar-refractivity contribution is 9.10. The van der Waals surface area contributed by atoms with Gasteiger partial charge in [-0.15, -0.1) is 11.6 Å². The lowest BCUT2D eigenvalue weighted by Crippen LogP contribution is -2.29. The molecule has 1 unspecified atom stereocenters. The van der Waals surface area contributed by atoms with Gasteiger partial charge in [-0.1, -0.05) is 40.9 Å². The molecule has 1 aromatic carbocycles. The van der Waals surface area contributed by atoms with Gasteiger partial charge in [0, 0.05) is 16.9 Å². The van der Waals surface area contributed by atoms with E-state index in [1.165, 1.54) is 0 Å². The SMILES string of the molecule is CCCC(CCCl)CNC(=O)c1ccc(Br)cc1Cl. The van der Waals surface area contributed by atoms with Crippen molar-refractivity contribution in [3.05, 3.63) is 33.3 Å². The quantitative estimate of drug-likeness (QED) is 0.684. The van der Waals surface area contributed by atoms with Gasteiger partial charge < -0.3 is 5.32 Å². The standard InChI is InChI=1S/C14H18BrCl2NO/c1-2-3-10(6-7-16)9-18-14(19)12-5-4-11(15)8-13(12)17/h4-5,8,10H,2-3,6-7,9H2,1H3,(H,18,19). The van der Waals surface area contributed by atoms with Crippen LogP contribution in [0.15, 0.2) is 22.7 Å². The molecule has 0 aliphatic heterocycles. The summed E-state index contributed by atoms with van der Waals surface area (Å²) in [7, 11) is 0. The summed E-state index contributed by atoms with van der Waals surface area (Å²) in [6, 6.07) is 5.25. The summed E-state index contributed by atoms with van der Waals surface area (Å²) in [5.41, 5.74) is 0.506. The van der Waals surface area contributed by atoms with E-state index in [0.29, 0.717) is 28.9 Å². The van der Waals surface area contributed by atoms with Gasteiger partial charge in [0.2, 0.25) is 0 Å². The number of amides is 1.